The number of nitrogens with one attached hydrogen (secondary N) is 1. The monoisotopic (exact) mass is 466 g/mol. The van der Waals surface area contributed by atoms with Crippen molar-refractivity contribution in [2.45, 2.75) is 44.8 Å². The molecule has 32 heavy (non-hydrogen) atoms. The molecule has 1 heterocycles. The number of halogens is 1. The Morgan fingerprint density at radius 2 is 1.88 bits per heavy atom. The van der Waals surface area contributed by atoms with Crippen LogP contribution >= 0.6 is 0 Å². The molecule has 1 aliphatic rings. The van der Waals surface area contributed by atoms with Gasteiger partial charge in [0.25, 0.3) is 10.0 Å². The molecule has 0 aliphatic carbocycles. The second-order valence-electron chi connectivity index (χ2n) is 7.95. The van der Waals surface area contributed by atoms with E-state index in [9.17, 15) is 17.6 Å². The Morgan fingerprint density at radius 1 is 1.22 bits per heavy atom. The summed E-state index contributed by atoms with van der Waals surface area (Å²) < 4.78 is 54.1. The van der Waals surface area contributed by atoms with E-state index in [2.05, 4.69) is 4.72 Å². The Kier molecular flexibility index (Phi) is 6.94. The third-order valence-corrected chi connectivity index (χ3v) is 6.67. The van der Waals surface area contributed by atoms with Crippen molar-refractivity contribution in [2.75, 3.05) is 29.3 Å². The molecule has 0 saturated carbocycles. The number of rotatable bonds is 7. The van der Waals surface area contributed by atoms with Crippen LogP contribution in [0.3, 0.4) is 0 Å². The van der Waals surface area contributed by atoms with E-state index in [1.54, 1.807) is 13.0 Å². The number of carbonyl (C=O) groups is 1. The minimum Gasteiger partial charge on any atom is -0.481 e. The van der Waals surface area contributed by atoms with Gasteiger partial charge in [0, 0.05) is 24.7 Å². The third-order valence-electron chi connectivity index (χ3n) is 5.14. The summed E-state index contributed by atoms with van der Waals surface area (Å²) >= 11 is 0. The normalized spacial score (nSPS) is 19.0. The molecular weight excluding hydrogens is 439 g/mol. The van der Waals surface area contributed by atoms with E-state index in [4.69, 9.17) is 14.6 Å². The molecule has 3 rings (SSSR count). The quantitative estimate of drug-likeness (QED) is 0.645. The molecule has 174 valence electrons. The Hall–Kier alpha value is -2.85. The van der Waals surface area contributed by atoms with Crippen molar-refractivity contribution in [1.29, 1.82) is 0 Å². The Morgan fingerprint density at radius 3 is 2.47 bits per heavy atom. The van der Waals surface area contributed by atoms with Crippen molar-refractivity contribution < 1.29 is 32.2 Å². The lowest BCUT2D eigenvalue weighted by molar-refractivity contribution is -0.139. The van der Waals surface area contributed by atoms with E-state index in [0.29, 0.717) is 24.3 Å². The average Bonchev–Trinajstić information content (AvgIpc) is 2.66. The number of benzene rings is 2. The molecule has 2 unspecified atom stereocenters. The van der Waals surface area contributed by atoms with Gasteiger partial charge < -0.3 is 19.5 Å². The number of hydrogen-bond acceptors (Lipinski definition) is 6. The number of sulfonamides is 1. The van der Waals surface area contributed by atoms with Crippen LogP contribution in [0.5, 0.6) is 5.75 Å². The maximum absolute atomic E-state index is 14.8. The molecule has 1 aliphatic heterocycles. The molecule has 10 heteroatoms. The second-order valence-corrected chi connectivity index (χ2v) is 9.60. The Balaban J connectivity index is 1.85. The van der Waals surface area contributed by atoms with E-state index >= 15 is 0 Å². The van der Waals surface area contributed by atoms with Gasteiger partial charge in [-0.15, -0.1) is 0 Å². The van der Waals surface area contributed by atoms with E-state index in [0.717, 1.165) is 6.07 Å². The van der Waals surface area contributed by atoms with E-state index in [-0.39, 0.29) is 34.1 Å². The maximum Gasteiger partial charge on any atom is 0.341 e. The lowest BCUT2D eigenvalue weighted by Gasteiger charge is -2.37. The van der Waals surface area contributed by atoms with Crippen LogP contribution in [-0.4, -0.2) is 51.4 Å². The summed E-state index contributed by atoms with van der Waals surface area (Å²) in [5.74, 6) is -1.53. The Bertz CT molecular complexity index is 1110. The molecule has 2 atom stereocenters. The first-order chi connectivity index (χ1) is 15.0. The highest BCUT2D eigenvalue weighted by Crippen LogP contribution is 2.31. The lowest BCUT2D eigenvalue weighted by Crippen LogP contribution is -2.45. The number of carboxylic acid groups (broad SMARTS) is 1. The van der Waals surface area contributed by atoms with Crippen LogP contribution in [0.15, 0.2) is 35.2 Å². The van der Waals surface area contributed by atoms with E-state index in [1.165, 1.54) is 25.1 Å². The summed E-state index contributed by atoms with van der Waals surface area (Å²) in [6.07, 6.45) is -0.0863. The number of aryl methyl sites for hydroxylation is 1. The second kappa shape index (κ2) is 9.33. The van der Waals surface area contributed by atoms with Crippen LogP contribution in [0.25, 0.3) is 0 Å². The molecule has 1 fully saturated rings. The van der Waals surface area contributed by atoms with Gasteiger partial charge in [-0.05, 0) is 51.5 Å². The van der Waals surface area contributed by atoms with Crippen molar-refractivity contribution in [1.82, 2.24) is 0 Å². The smallest absolute Gasteiger partial charge is 0.341 e. The van der Waals surface area contributed by atoms with Gasteiger partial charge in [-0.3, -0.25) is 4.72 Å². The van der Waals surface area contributed by atoms with Crippen molar-refractivity contribution in [3.05, 3.63) is 47.3 Å². The summed E-state index contributed by atoms with van der Waals surface area (Å²) in [6, 6.07) is 7.13. The molecule has 2 aromatic rings. The van der Waals surface area contributed by atoms with Crippen molar-refractivity contribution in [3.8, 4) is 5.75 Å². The lowest BCUT2D eigenvalue weighted by atomic mass is 10.1. The summed E-state index contributed by atoms with van der Waals surface area (Å²) in [7, 11) is -4.07. The predicted molar refractivity (Wildman–Crippen MR) is 118 cm³/mol. The highest BCUT2D eigenvalue weighted by Gasteiger charge is 2.25. The fourth-order valence-corrected chi connectivity index (χ4v) is 5.16. The summed E-state index contributed by atoms with van der Waals surface area (Å²) in [5, 5.41) is 8.85. The van der Waals surface area contributed by atoms with Crippen molar-refractivity contribution >= 4 is 27.4 Å². The van der Waals surface area contributed by atoms with Crippen LogP contribution in [0.2, 0.25) is 0 Å². The number of ether oxygens (including phenoxy) is 2. The highest BCUT2D eigenvalue weighted by atomic mass is 32.2. The van der Waals surface area contributed by atoms with Gasteiger partial charge in [0.15, 0.2) is 6.61 Å². The topological polar surface area (TPSA) is 105 Å². The first-order valence-electron chi connectivity index (χ1n) is 10.2. The summed E-state index contributed by atoms with van der Waals surface area (Å²) in [4.78, 5) is 12.6. The molecule has 0 bridgehead atoms. The molecule has 0 radical (unpaired) electrons. The van der Waals surface area contributed by atoms with Crippen LogP contribution < -0.4 is 14.4 Å². The number of aliphatic carboxylic acids is 1. The van der Waals surface area contributed by atoms with Gasteiger partial charge in [0.05, 0.1) is 28.5 Å². The molecule has 8 nitrogen and oxygen atoms in total. The fraction of sp³-hybridized carbons (Fsp3) is 0.409. The zero-order valence-corrected chi connectivity index (χ0v) is 19.2. The van der Waals surface area contributed by atoms with Crippen molar-refractivity contribution in [3.63, 3.8) is 0 Å². The molecule has 0 amide bonds. The van der Waals surface area contributed by atoms with Gasteiger partial charge in [-0.25, -0.2) is 17.6 Å². The first-order valence-corrected chi connectivity index (χ1v) is 11.6. The third kappa shape index (κ3) is 5.31. The minimum atomic E-state index is -4.07. The number of anilines is 2. The molecule has 2 N–H and O–H groups in total. The standard InChI is InChI=1S/C22H27FN2O6S/c1-13-5-8-20(16(4)22(13)30-12-21(26)27)32(28,29)24-17-6-7-19(18(23)9-17)25-10-14(2)31-15(3)11-25/h5-9,14-15,24H,10-12H2,1-4H3,(H,26,27). The summed E-state index contributed by atoms with van der Waals surface area (Å²) in [6.45, 7) is 7.54. The van der Waals surface area contributed by atoms with Gasteiger partial charge in [-0.2, -0.15) is 0 Å². The fourth-order valence-electron chi connectivity index (χ4n) is 3.87. The SMILES string of the molecule is Cc1ccc(S(=O)(=O)Nc2ccc(N3CC(C)OC(C)C3)c(F)c2)c(C)c1OCC(=O)O. The molecule has 0 aromatic heterocycles. The van der Waals surface area contributed by atoms with Crippen LogP contribution in [0.1, 0.15) is 25.0 Å². The maximum atomic E-state index is 14.8. The number of hydrogen-bond donors (Lipinski definition) is 2. The molecule has 2 aromatic carbocycles. The zero-order valence-electron chi connectivity index (χ0n) is 18.4. The number of carboxylic acids is 1. The summed E-state index contributed by atoms with van der Waals surface area (Å²) in [5.41, 5.74) is 1.33. The van der Waals surface area contributed by atoms with Crippen LogP contribution in [-0.2, 0) is 19.6 Å². The van der Waals surface area contributed by atoms with Gasteiger partial charge in [0.1, 0.15) is 11.6 Å². The predicted octanol–water partition coefficient (Wildman–Crippen LogP) is 3.32. The molecule has 0 spiro atoms. The van der Waals surface area contributed by atoms with E-state index in [1.807, 2.05) is 18.7 Å². The van der Waals surface area contributed by atoms with E-state index < -0.39 is 28.4 Å². The molecule has 1 saturated heterocycles. The average molecular weight is 467 g/mol. The van der Waals surface area contributed by atoms with Gasteiger partial charge >= 0.3 is 5.97 Å². The van der Waals surface area contributed by atoms with Crippen LogP contribution in [0, 0.1) is 19.7 Å². The van der Waals surface area contributed by atoms with Crippen molar-refractivity contribution in [2.24, 2.45) is 0 Å². The largest absolute Gasteiger partial charge is 0.481 e. The number of nitrogens with zero attached hydrogens (tertiary/aromatic N) is 1. The zero-order chi connectivity index (χ0) is 23.6. The first kappa shape index (κ1) is 23.8. The number of morpholine rings is 1. The van der Waals surface area contributed by atoms with Gasteiger partial charge in [0.2, 0.25) is 0 Å². The van der Waals surface area contributed by atoms with Crippen LogP contribution in [0.4, 0.5) is 15.8 Å². The van der Waals surface area contributed by atoms with Gasteiger partial charge in [-0.1, -0.05) is 6.07 Å². The Labute approximate surface area is 187 Å². The highest BCUT2D eigenvalue weighted by molar-refractivity contribution is 7.92. The minimum absolute atomic E-state index is 0.0432. The molecular formula is C22H27FN2O6S.